The van der Waals surface area contributed by atoms with Crippen molar-refractivity contribution in [3.63, 3.8) is 0 Å². The lowest BCUT2D eigenvalue weighted by molar-refractivity contribution is -0.110. The summed E-state index contributed by atoms with van der Waals surface area (Å²) < 4.78 is 30.3. The van der Waals surface area contributed by atoms with E-state index in [-0.39, 0.29) is 23.3 Å². The highest BCUT2D eigenvalue weighted by Gasteiger charge is 2.29. The van der Waals surface area contributed by atoms with Gasteiger partial charge in [0, 0.05) is 50.2 Å². The largest absolute Gasteiger partial charge is 0.379 e. The Bertz CT molecular complexity index is 1510. The van der Waals surface area contributed by atoms with Gasteiger partial charge in [-0.3, -0.25) is 9.59 Å². The lowest BCUT2D eigenvalue weighted by Crippen LogP contribution is -2.40. The molecule has 0 atom stereocenters. The molecule has 0 unspecified atom stereocenters. The van der Waals surface area contributed by atoms with Crippen LogP contribution in [0.2, 0.25) is 0 Å². The molecule has 0 radical (unpaired) electrons. The number of benzene rings is 2. The van der Waals surface area contributed by atoms with Gasteiger partial charge in [-0.05, 0) is 80.7 Å². The molecule has 2 N–H and O–H groups in total. The van der Waals surface area contributed by atoms with E-state index < -0.39 is 5.82 Å². The minimum Gasteiger partial charge on any atom is -0.379 e. The van der Waals surface area contributed by atoms with E-state index >= 15 is 4.39 Å². The first-order chi connectivity index (χ1) is 19.9. The van der Waals surface area contributed by atoms with Crippen molar-refractivity contribution in [3.05, 3.63) is 82.2 Å². The van der Waals surface area contributed by atoms with Crippen LogP contribution in [-0.2, 0) is 24.8 Å². The predicted molar refractivity (Wildman–Crippen MR) is 157 cm³/mol. The van der Waals surface area contributed by atoms with E-state index in [0.29, 0.717) is 28.9 Å². The first-order valence-electron chi connectivity index (χ1n) is 14.4. The first kappa shape index (κ1) is 27.2. The van der Waals surface area contributed by atoms with Crippen LogP contribution in [0.1, 0.15) is 58.6 Å². The van der Waals surface area contributed by atoms with Crippen LogP contribution in [-0.4, -0.2) is 58.9 Å². The Kier molecular flexibility index (Phi) is 7.62. The van der Waals surface area contributed by atoms with E-state index in [9.17, 15) is 14.0 Å². The SMILES string of the molecule is Cn1c(C=C2C(=O)Nc3cc(NCc4ccc(F)cc4)c(F)cc32)cc2c1CCCN(CCN1CCCCC1)C2=O. The number of hydrogen-bond donors (Lipinski definition) is 2. The van der Waals surface area contributed by atoms with Crippen molar-refractivity contribution in [2.45, 2.75) is 38.6 Å². The van der Waals surface area contributed by atoms with Gasteiger partial charge in [0.2, 0.25) is 0 Å². The molecule has 0 aliphatic carbocycles. The Morgan fingerprint density at radius 1 is 0.927 bits per heavy atom. The summed E-state index contributed by atoms with van der Waals surface area (Å²) >= 11 is 0. The number of aromatic nitrogens is 1. The zero-order chi connectivity index (χ0) is 28.5. The number of carbonyl (C=O) groups excluding carboxylic acids is 2. The third kappa shape index (κ3) is 5.63. The molecule has 214 valence electrons. The Hall–Kier alpha value is -3.98. The second-order valence-electron chi connectivity index (χ2n) is 11.2. The average molecular weight is 560 g/mol. The number of anilines is 2. The molecule has 1 fully saturated rings. The van der Waals surface area contributed by atoms with Crippen LogP contribution in [0.15, 0.2) is 42.5 Å². The van der Waals surface area contributed by atoms with Gasteiger partial charge in [-0.15, -0.1) is 0 Å². The number of fused-ring (bicyclic) bond motifs is 2. The van der Waals surface area contributed by atoms with Crippen LogP contribution in [0, 0.1) is 11.6 Å². The molecule has 2 aromatic carbocycles. The summed E-state index contributed by atoms with van der Waals surface area (Å²) in [7, 11) is 1.92. The molecule has 2 amide bonds. The van der Waals surface area contributed by atoms with Crippen LogP contribution in [0.3, 0.4) is 0 Å². The lowest BCUT2D eigenvalue weighted by atomic mass is 10.0. The molecule has 3 aliphatic rings. The molecule has 9 heteroatoms. The van der Waals surface area contributed by atoms with Crippen molar-refractivity contribution in [3.8, 4) is 0 Å². The fraction of sp³-hybridized carbons (Fsp3) is 0.375. The number of hydrogen-bond acceptors (Lipinski definition) is 4. The van der Waals surface area contributed by atoms with Crippen molar-refractivity contribution in [2.75, 3.05) is 43.4 Å². The maximum atomic E-state index is 15.1. The molecule has 3 aliphatic heterocycles. The summed E-state index contributed by atoms with van der Waals surface area (Å²) in [6.07, 6.45) is 7.14. The summed E-state index contributed by atoms with van der Waals surface area (Å²) in [6, 6.07) is 10.8. The molecule has 0 bridgehead atoms. The fourth-order valence-corrected chi connectivity index (χ4v) is 6.10. The zero-order valence-electron chi connectivity index (χ0n) is 23.3. The van der Waals surface area contributed by atoms with E-state index in [1.54, 1.807) is 24.3 Å². The minimum atomic E-state index is -0.490. The van der Waals surface area contributed by atoms with Gasteiger partial charge in [0.05, 0.1) is 22.5 Å². The van der Waals surface area contributed by atoms with Crippen molar-refractivity contribution in [1.29, 1.82) is 0 Å². The Morgan fingerprint density at radius 3 is 2.49 bits per heavy atom. The second kappa shape index (κ2) is 11.5. The lowest BCUT2D eigenvalue weighted by Gasteiger charge is -2.29. The molecule has 1 aromatic heterocycles. The fourth-order valence-electron chi connectivity index (χ4n) is 6.10. The number of nitrogens with one attached hydrogen (secondary N) is 2. The van der Waals surface area contributed by atoms with Crippen molar-refractivity contribution in [1.82, 2.24) is 14.4 Å². The van der Waals surface area contributed by atoms with Gasteiger partial charge in [0.25, 0.3) is 11.8 Å². The Balaban J connectivity index is 1.21. The number of rotatable bonds is 7. The molecule has 7 nitrogen and oxygen atoms in total. The summed E-state index contributed by atoms with van der Waals surface area (Å²) in [5.74, 6) is -1.10. The molecule has 6 rings (SSSR count). The zero-order valence-corrected chi connectivity index (χ0v) is 23.3. The van der Waals surface area contributed by atoms with Gasteiger partial charge >= 0.3 is 0 Å². The highest BCUT2D eigenvalue weighted by atomic mass is 19.1. The molecular formula is C32H35F2N5O2. The van der Waals surface area contributed by atoms with E-state index in [1.165, 1.54) is 37.5 Å². The molecule has 4 heterocycles. The number of amides is 2. The van der Waals surface area contributed by atoms with Crippen LogP contribution in [0.4, 0.5) is 20.2 Å². The van der Waals surface area contributed by atoms with Crippen LogP contribution in [0.5, 0.6) is 0 Å². The van der Waals surface area contributed by atoms with Gasteiger partial charge in [0.15, 0.2) is 0 Å². The molecule has 0 spiro atoms. The van der Waals surface area contributed by atoms with Crippen LogP contribution in [0.25, 0.3) is 11.6 Å². The van der Waals surface area contributed by atoms with Crippen LogP contribution < -0.4 is 10.6 Å². The monoisotopic (exact) mass is 559 g/mol. The van der Waals surface area contributed by atoms with Gasteiger partial charge in [-0.1, -0.05) is 18.6 Å². The quantitative estimate of drug-likeness (QED) is 0.387. The Morgan fingerprint density at radius 2 is 1.71 bits per heavy atom. The Labute approximate surface area is 238 Å². The average Bonchev–Trinajstić information content (AvgIpc) is 3.38. The van der Waals surface area contributed by atoms with Crippen LogP contribution >= 0.6 is 0 Å². The molecule has 3 aromatic rings. The van der Waals surface area contributed by atoms with Crippen molar-refractivity contribution < 1.29 is 18.4 Å². The number of likely N-dealkylation sites (tertiary alicyclic amines) is 1. The third-order valence-corrected chi connectivity index (χ3v) is 8.47. The number of carbonyl (C=O) groups is 2. The highest BCUT2D eigenvalue weighted by Crippen LogP contribution is 2.37. The summed E-state index contributed by atoms with van der Waals surface area (Å²) in [4.78, 5) is 31.0. The maximum Gasteiger partial charge on any atom is 0.256 e. The van der Waals surface area contributed by atoms with Gasteiger partial charge in [-0.2, -0.15) is 0 Å². The van der Waals surface area contributed by atoms with E-state index in [1.807, 2.05) is 22.6 Å². The topological polar surface area (TPSA) is 69.6 Å². The highest BCUT2D eigenvalue weighted by molar-refractivity contribution is 6.35. The van der Waals surface area contributed by atoms with Crippen molar-refractivity contribution >= 4 is 34.8 Å². The van der Waals surface area contributed by atoms with Gasteiger partial charge < -0.3 is 25.0 Å². The normalized spacial score (nSPS) is 18.3. The number of halogens is 2. The smallest absolute Gasteiger partial charge is 0.256 e. The molecule has 41 heavy (non-hydrogen) atoms. The second-order valence-corrected chi connectivity index (χ2v) is 11.2. The summed E-state index contributed by atoms with van der Waals surface area (Å²) in [6.45, 7) is 4.87. The molecule has 1 saturated heterocycles. The molecular weight excluding hydrogens is 524 g/mol. The first-order valence-corrected chi connectivity index (χ1v) is 14.4. The van der Waals surface area contributed by atoms with Gasteiger partial charge in [-0.25, -0.2) is 8.78 Å². The van der Waals surface area contributed by atoms with E-state index in [4.69, 9.17) is 0 Å². The minimum absolute atomic E-state index is 0.0361. The maximum absolute atomic E-state index is 15.1. The van der Waals surface area contributed by atoms with E-state index in [2.05, 4.69) is 15.5 Å². The van der Waals surface area contributed by atoms with E-state index in [0.717, 1.165) is 62.5 Å². The summed E-state index contributed by atoms with van der Waals surface area (Å²) in [5.41, 5.74) is 4.78. The predicted octanol–water partition coefficient (Wildman–Crippen LogP) is 5.28. The third-order valence-electron chi connectivity index (χ3n) is 8.47. The summed E-state index contributed by atoms with van der Waals surface area (Å²) in [5, 5.41) is 5.87. The standard InChI is InChI=1S/C32H35F2N5O2/c1-37-23(17-26-30(37)6-5-13-39(32(26)41)15-14-38-11-3-2-4-12-38)16-25-24-18-27(34)29(19-28(24)36-31(25)40)35-20-21-7-9-22(33)10-8-21/h7-10,16-19,35H,2-6,11-15,20H2,1H3,(H,36,40). The molecule has 0 saturated carbocycles. The van der Waals surface area contributed by atoms with Crippen molar-refractivity contribution in [2.24, 2.45) is 7.05 Å². The van der Waals surface area contributed by atoms with Gasteiger partial charge in [0.1, 0.15) is 11.6 Å². The number of nitrogens with zero attached hydrogens (tertiary/aromatic N) is 3. The number of piperidine rings is 1.